The summed E-state index contributed by atoms with van der Waals surface area (Å²) in [7, 11) is 0. The molecule has 2 amide bonds. The van der Waals surface area contributed by atoms with Gasteiger partial charge >= 0.3 is 0 Å². The largest absolute Gasteiger partial charge is 0.494 e. The maximum absolute atomic E-state index is 12.9. The average molecular weight is 429 g/mol. The normalized spacial score (nSPS) is 12.9. The molecule has 3 aromatic carbocycles. The van der Waals surface area contributed by atoms with Crippen LogP contribution in [0.3, 0.4) is 0 Å². The van der Waals surface area contributed by atoms with Crippen LogP contribution < -0.4 is 10.1 Å². The van der Waals surface area contributed by atoms with E-state index < -0.39 is 0 Å². The van der Waals surface area contributed by atoms with Crippen LogP contribution in [0.4, 0.5) is 5.69 Å². The summed E-state index contributed by atoms with van der Waals surface area (Å²) >= 11 is 0. The Kier molecular flexibility index (Phi) is 6.85. The molecule has 164 valence electrons. The fourth-order valence-electron chi connectivity index (χ4n) is 3.81. The highest BCUT2D eigenvalue weighted by atomic mass is 16.5. The molecule has 0 unspecified atom stereocenters. The van der Waals surface area contributed by atoms with E-state index in [1.807, 2.05) is 59.5 Å². The van der Waals surface area contributed by atoms with Gasteiger partial charge in [-0.1, -0.05) is 43.7 Å². The van der Waals surface area contributed by atoms with Crippen molar-refractivity contribution in [2.45, 2.75) is 32.7 Å². The Morgan fingerprint density at radius 3 is 2.56 bits per heavy atom. The first-order valence-corrected chi connectivity index (χ1v) is 11.1. The molecule has 5 heteroatoms. The molecule has 0 spiro atoms. The van der Waals surface area contributed by atoms with E-state index in [0.29, 0.717) is 36.5 Å². The van der Waals surface area contributed by atoms with E-state index in [2.05, 4.69) is 12.2 Å². The number of benzene rings is 3. The Bertz CT molecular complexity index is 1080. The van der Waals surface area contributed by atoms with E-state index >= 15 is 0 Å². The van der Waals surface area contributed by atoms with Crippen LogP contribution in [0.5, 0.6) is 5.75 Å². The summed E-state index contributed by atoms with van der Waals surface area (Å²) in [6.45, 7) is 4.07. The second-order valence-electron chi connectivity index (χ2n) is 8.01. The fraction of sp³-hybridized carbons (Fsp3) is 0.259. The number of amides is 2. The lowest BCUT2D eigenvalue weighted by Crippen LogP contribution is -2.37. The molecule has 5 nitrogen and oxygen atoms in total. The fourth-order valence-corrected chi connectivity index (χ4v) is 3.81. The van der Waals surface area contributed by atoms with Crippen molar-refractivity contribution in [3.05, 3.63) is 95.1 Å². The number of anilines is 1. The Morgan fingerprint density at radius 2 is 1.81 bits per heavy atom. The van der Waals surface area contributed by atoms with Crippen LogP contribution in [0.1, 0.15) is 51.6 Å². The molecule has 0 saturated carbocycles. The number of hydrogen-bond donors (Lipinski definition) is 1. The van der Waals surface area contributed by atoms with Gasteiger partial charge in [-0.3, -0.25) is 9.59 Å². The Morgan fingerprint density at radius 1 is 1.03 bits per heavy atom. The molecule has 1 heterocycles. The maximum atomic E-state index is 12.9. The van der Waals surface area contributed by atoms with Gasteiger partial charge in [-0.15, -0.1) is 0 Å². The van der Waals surface area contributed by atoms with Crippen LogP contribution in [0.2, 0.25) is 0 Å². The van der Waals surface area contributed by atoms with Crippen molar-refractivity contribution in [1.82, 2.24) is 4.90 Å². The van der Waals surface area contributed by atoms with Gasteiger partial charge in [-0.25, -0.2) is 0 Å². The second-order valence-corrected chi connectivity index (χ2v) is 8.01. The molecule has 0 fully saturated rings. The zero-order valence-corrected chi connectivity index (χ0v) is 18.3. The average Bonchev–Trinajstić information content (AvgIpc) is 2.82. The van der Waals surface area contributed by atoms with Gasteiger partial charge < -0.3 is 15.0 Å². The lowest BCUT2D eigenvalue weighted by atomic mass is 9.97. The molecule has 0 aliphatic carbocycles. The number of nitrogens with one attached hydrogen (secondary N) is 1. The smallest absolute Gasteiger partial charge is 0.255 e. The van der Waals surface area contributed by atoms with E-state index in [-0.39, 0.29) is 11.8 Å². The van der Waals surface area contributed by atoms with Crippen molar-refractivity contribution < 1.29 is 14.3 Å². The Hall–Kier alpha value is -3.60. The van der Waals surface area contributed by atoms with Crippen LogP contribution >= 0.6 is 0 Å². The molecule has 3 aromatic rings. The second kappa shape index (κ2) is 10.1. The topological polar surface area (TPSA) is 58.6 Å². The zero-order chi connectivity index (χ0) is 22.3. The summed E-state index contributed by atoms with van der Waals surface area (Å²) in [4.78, 5) is 27.5. The van der Waals surface area contributed by atoms with E-state index in [1.165, 1.54) is 0 Å². The number of nitrogens with zero attached hydrogens (tertiary/aromatic N) is 1. The molecular formula is C27H28N2O3. The molecule has 0 atom stereocenters. The van der Waals surface area contributed by atoms with Crippen molar-refractivity contribution in [2.75, 3.05) is 18.5 Å². The number of unbranched alkanes of at least 4 members (excludes halogenated alkanes) is 1. The summed E-state index contributed by atoms with van der Waals surface area (Å²) in [5.74, 6) is 0.617. The van der Waals surface area contributed by atoms with Crippen LogP contribution in [0.15, 0.2) is 72.8 Å². The van der Waals surface area contributed by atoms with E-state index in [1.54, 1.807) is 18.2 Å². The summed E-state index contributed by atoms with van der Waals surface area (Å²) in [6.07, 6.45) is 2.85. The number of ether oxygens (including phenoxy) is 1. The van der Waals surface area contributed by atoms with Crippen LogP contribution in [0, 0.1) is 0 Å². The van der Waals surface area contributed by atoms with E-state index in [4.69, 9.17) is 4.74 Å². The van der Waals surface area contributed by atoms with Crippen molar-refractivity contribution in [2.24, 2.45) is 0 Å². The predicted octanol–water partition coefficient (Wildman–Crippen LogP) is 5.32. The SMILES string of the molecule is CCCCOc1ccc(C(=O)Nc2ccc3c(c2)CCN(Cc2ccccc2)C3=O)cc1. The van der Waals surface area contributed by atoms with Gasteiger partial charge in [0, 0.05) is 29.9 Å². The van der Waals surface area contributed by atoms with E-state index in [0.717, 1.165) is 36.1 Å². The molecule has 0 saturated heterocycles. The third kappa shape index (κ3) is 5.17. The first kappa shape index (κ1) is 21.6. The summed E-state index contributed by atoms with van der Waals surface area (Å²) in [6, 6.07) is 22.7. The highest BCUT2D eigenvalue weighted by Crippen LogP contribution is 2.24. The first-order chi connectivity index (χ1) is 15.6. The van der Waals surface area contributed by atoms with Crippen LogP contribution in [-0.2, 0) is 13.0 Å². The monoisotopic (exact) mass is 428 g/mol. The minimum atomic E-state index is -0.183. The van der Waals surface area contributed by atoms with Gasteiger partial charge in [0.05, 0.1) is 6.61 Å². The first-order valence-electron chi connectivity index (χ1n) is 11.1. The summed E-state index contributed by atoms with van der Waals surface area (Å²) in [5.41, 5.74) is 4.06. The number of carbonyl (C=O) groups excluding carboxylic acids is 2. The number of fused-ring (bicyclic) bond motifs is 1. The van der Waals surface area contributed by atoms with Crippen molar-refractivity contribution in [3.63, 3.8) is 0 Å². The molecule has 1 N–H and O–H groups in total. The number of carbonyl (C=O) groups is 2. The van der Waals surface area contributed by atoms with Crippen molar-refractivity contribution in [1.29, 1.82) is 0 Å². The third-order valence-electron chi connectivity index (χ3n) is 5.63. The molecule has 0 bridgehead atoms. The van der Waals surface area contributed by atoms with Gasteiger partial charge in [-0.05, 0) is 66.4 Å². The molecule has 32 heavy (non-hydrogen) atoms. The molecule has 0 radical (unpaired) electrons. The molecule has 1 aliphatic rings. The molecule has 1 aliphatic heterocycles. The Labute approximate surface area is 189 Å². The van der Waals surface area contributed by atoms with Gasteiger partial charge in [0.1, 0.15) is 5.75 Å². The minimum Gasteiger partial charge on any atom is -0.494 e. The zero-order valence-electron chi connectivity index (χ0n) is 18.3. The van der Waals surface area contributed by atoms with E-state index in [9.17, 15) is 9.59 Å². The quantitative estimate of drug-likeness (QED) is 0.494. The van der Waals surface area contributed by atoms with Gasteiger partial charge in [0.15, 0.2) is 0 Å². The highest BCUT2D eigenvalue weighted by Gasteiger charge is 2.24. The minimum absolute atomic E-state index is 0.0339. The summed E-state index contributed by atoms with van der Waals surface area (Å²) in [5, 5.41) is 2.94. The molecular weight excluding hydrogens is 400 g/mol. The summed E-state index contributed by atoms with van der Waals surface area (Å²) < 4.78 is 5.65. The van der Waals surface area contributed by atoms with Crippen LogP contribution in [-0.4, -0.2) is 29.9 Å². The standard InChI is InChI=1S/C27H28N2O3/c1-2-3-17-32-24-12-9-21(10-13-24)26(30)28-23-11-14-25-22(18-23)15-16-29(27(25)31)19-20-7-5-4-6-8-20/h4-14,18H,2-3,15-17,19H2,1H3,(H,28,30). The van der Waals surface area contributed by atoms with Gasteiger partial charge in [0.25, 0.3) is 11.8 Å². The highest BCUT2D eigenvalue weighted by molar-refractivity contribution is 6.05. The lowest BCUT2D eigenvalue weighted by molar-refractivity contribution is 0.0727. The Balaban J connectivity index is 1.39. The number of rotatable bonds is 8. The maximum Gasteiger partial charge on any atom is 0.255 e. The number of hydrogen-bond acceptors (Lipinski definition) is 3. The van der Waals surface area contributed by atoms with Crippen LogP contribution in [0.25, 0.3) is 0 Å². The van der Waals surface area contributed by atoms with Gasteiger partial charge in [0.2, 0.25) is 0 Å². The predicted molar refractivity (Wildman–Crippen MR) is 126 cm³/mol. The van der Waals surface area contributed by atoms with Gasteiger partial charge in [-0.2, -0.15) is 0 Å². The third-order valence-corrected chi connectivity index (χ3v) is 5.63. The molecule has 4 rings (SSSR count). The van der Waals surface area contributed by atoms with Crippen molar-refractivity contribution in [3.8, 4) is 5.75 Å². The molecule has 0 aromatic heterocycles. The van der Waals surface area contributed by atoms with Crippen molar-refractivity contribution >= 4 is 17.5 Å². The lowest BCUT2D eigenvalue weighted by Gasteiger charge is -2.29.